The number of benzene rings is 2. The van der Waals surface area contributed by atoms with Crippen molar-refractivity contribution in [2.45, 2.75) is 11.4 Å². The lowest BCUT2D eigenvalue weighted by atomic mass is 10.2. The molecule has 0 bridgehead atoms. The third-order valence-electron chi connectivity index (χ3n) is 3.35. The van der Waals surface area contributed by atoms with Gasteiger partial charge in [0.05, 0.1) is 5.69 Å². The molecular weight excluding hydrogens is 288 g/mol. The summed E-state index contributed by atoms with van der Waals surface area (Å²) in [6, 6.07) is 17.3. The van der Waals surface area contributed by atoms with E-state index in [0.29, 0.717) is 5.69 Å². The van der Waals surface area contributed by atoms with Crippen LogP contribution in [-0.4, -0.2) is 23.2 Å². The first kappa shape index (κ1) is 13.6. The summed E-state index contributed by atoms with van der Waals surface area (Å²) in [5.41, 5.74) is 1.29. The van der Waals surface area contributed by atoms with Crippen LogP contribution < -0.4 is 10.2 Å². The SMILES string of the molecule is O=C1C(Cl)C(Nc2ccccc2)C(=O)N1c1ccccc1. The minimum Gasteiger partial charge on any atom is -0.372 e. The Hall–Kier alpha value is -2.33. The molecule has 2 atom stereocenters. The highest BCUT2D eigenvalue weighted by atomic mass is 35.5. The Balaban J connectivity index is 1.87. The predicted octanol–water partition coefficient (Wildman–Crippen LogP) is 2.65. The van der Waals surface area contributed by atoms with Gasteiger partial charge >= 0.3 is 0 Å². The number of anilines is 2. The molecule has 2 aromatic rings. The highest BCUT2D eigenvalue weighted by Gasteiger charge is 2.47. The van der Waals surface area contributed by atoms with Crippen molar-refractivity contribution in [3.05, 3.63) is 60.7 Å². The molecule has 3 rings (SSSR count). The summed E-state index contributed by atoms with van der Waals surface area (Å²) in [5, 5.41) is 2.11. The molecule has 2 amide bonds. The van der Waals surface area contributed by atoms with Gasteiger partial charge in [-0.2, -0.15) is 0 Å². The quantitative estimate of drug-likeness (QED) is 0.700. The number of carbonyl (C=O) groups excluding carboxylic acids is 2. The normalized spacial score (nSPS) is 21.7. The summed E-state index contributed by atoms with van der Waals surface area (Å²) >= 11 is 6.14. The average Bonchev–Trinajstić information content (AvgIpc) is 2.73. The molecule has 0 aromatic heterocycles. The van der Waals surface area contributed by atoms with Crippen molar-refractivity contribution in [2.24, 2.45) is 0 Å². The van der Waals surface area contributed by atoms with Crippen molar-refractivity contribution in [3.63, 3.8) is 0 Å². The Morgan fingerprint density at radius 3 is 2.05 bits per heavy atom. The number of amides is 2. The van der Waals surface area contributed by atoms with E-state index in [4.69, 9.17) is 11.6 Å². The first-order valence-electron chi connectivity index (χ1n) is 6.57. The molecule has 1 N–H and O–H groups in total. The van der Waals surface area contributed by atoms with Gasteiger partial charge in [0.2, 0.25) is 0 Å². The monoisotopic (exact) mass is 300 g/mol. The van der Waals surface area contributed by atoms with Crippen LogP contribution in [0.2, 0.25) is 0 Å². The van der Waals surface area contributed by atoms with Crippen molar-refractivity contribution in [2.75, 3.05) is 10.2 Å². The molecular formula is C16H13ClN2O2. The van der Waals surface area contributed by atoms with E-state index in [0.717, 1.165) is 10.6 Å². The maximum absolute atomic E-state index is 12.5. The fraction of sp³-hybridized carbons (Fsp3) is 0.125. The number of carbonyl (C=O) groups is 2. The molecule has 1 aliphatic heterocycles. The number of hydrogen-bond donors (Lipinski definition) is 1. The Labute approximate surface area is 127 Å². The molecule has 0 saturated carbocycles. The van der Waals surface area contributed by atoms with E-state index < -0.39 is 17.3 Å². The van der Waals surface area contributed by atoms with E-state index in [9.17, 15) is 9.59 Å². The maximum atomic E-state index is 12.5. The van der Waals surface area contributed by atoms with Gasteiger partial charge in [-0.15, -0.1) is 11.6 Å². The Kier molecular flexibility index (Phi) is 3.62. The zero-order valence-electron chi connectivity index (χ0n) is 11.1. The number of hydrogen-bond acceptors (Lipinski definition) is 3. The van der Waals surface area contributed by atoms with E-state index in [-0.39, 0.29) is 5.91 Å². The smallest absolute Gasteiger partial charge is 0.258 e. The second-order valence-corrected chi connectivity index (χ2v) is 5.21. The summed E-state index contributed by atoms with van der Waals surface area (Å²) < 4.78 is 0. The number of rotatable bonds is 3. The fourth-order valence-corrected chi connectivity index (χ4v) is 2.59. The molecule has 2 unspecified atom stereocenters. The van der Waals surface area contributed by atoms with Crippen LogP contribution in [0.3, 0.4) is 0 Å². The number of nitrogens with zero attached hydrogens (tertiary/aromatic N) is 1. The fourth-order valence-electron chi connectivity index (χ4n) is 2.32. The average molecular weight is 301 g/mol. The number of para-hydroxylation sites is 2. The lowest BCUT2D eigenvalue weighted by Gasteiger charge is -2.15. The molecule has 4 nitrogen and oxygen atoms in total. The molecule has 1 aliphatic rings. The maximum Gasteiger partial charge on any atom is 0.258 e. The highest BCUT2D eigenvalue weighted by Crippen LogP contribution is 2.27. The zero-order valence-corrected chi connectivity index (χ0v) is 11.8. The summed E-state index contributed by atoms with van der Waals surface area (Å²) in [6.45, 7) is 0. The molecule has 0 aliphatic carbocycles. The summed E-state index contributed by atoms with van der Waals surface area (Å²) in [4.78, 5) is 25.9. The topological polar surface area (TPSA) is 49.4 Å². The summed E-state index contributed by atoms with van der Waals surface area (Å²) in [5.74, 6) is -0.739. The number of imide groups is 1. The number of nitrogens with one attached hydrogen (secondary N) is 1. The third-order valence-corrected chi connectivity index (χ3v) is 3.78. The predicted molar refractivity (Wildman–Crippen MR) is 82.4 cm³/mol. The first-order valence-corrected chi connectivity index (χ1v) is 7.00. The third kappa shape index (κ3) is 2.50. The molecule has 2 aromatic carbocycles. The molecule has 1 heterocycles. The number of alkyl halides is 1. The second kappa shape index (κ2) is 5.58. The van der Waals surface area contributed by atoms with Crippen molar-refractivity contribution >= 4 is 34.8 Å². The van der Waals surface area contributed by atoms with Gasteiger partial charge in [-0.1, -0.05) is 36.4 Å². The van der Waals surface area contributed by atoms with Gasteiger partial charge in [-0.25, -0.2) is 4.90 Å². The van der Waals surface area contributed by atoms with Gasteiger partial charge in [0.15, 0.2) is 0 Å². The van der Waals surface area contributed by atoms with Gasteiger partial charge in [-0.05, 0) is 24.3 Å². The van der Waals surface area contributed by atoms with Crippen LogP contribution in [-0.2, 0) is 9.59 Å². The van der Waals surface area contributed by atoms with Crippen molar-refractivity contribution < 1.29 is 9.59 Å². The van der Waals surface area contributed by atoms with E-state index in [2.05, 4.69) is 5.32 Å². The lowest BCUT2D eigenvalue weighted by molar-refractivity contribution is -0.121. The van der Waals surface area contributed by atoms with Gasteiger partial charge in [0.25, 0.3) is 11.8 Å². The molecule has 0 spiro atoms. The summed E-state index contributed by atoms with van der Waals surface area (Å²) in [6.07, 6.45) is 0. The van der Waals surface area contributed by atoms with Crippen molar-refractivity contribution in [1.29, 1.82) is 0 Å². The second-order valence-electron chi connectivity index (χ2n) is 4.74. The van der Waals surface area contributed by atoms with Crippen LogP contribution in [0.5, 0.6) is 0 Å². The molecule has 0 radical (unpaired) electrons. The lowest BCUT2D eigenvalue weighted by Crippen LogP contribution is -2.35. The van der Waals surface area contributed by atoms with Crippen LogP contribution in [0.4, 0.5) is 11.4 Å². The minimum atomic E-state index is -0.919. The van der Waals surface area contributed by atoms with E-state index >= 15 is 0 Å². The van der Waals surface area contributed by atoms with Gasteiger partial charge < -0.3 is 5.32 Å². The van der Waals surface area contributed by atoms with Gasteiger partial charge in [0.1, 0.15) is 11.4 Å². The minimum absolute atomic E-state index is 0.338. The van der Waals surface area contributed by atoms with Gasteiger partial charge in [-0.3, -0.25) is 9.59 Å². The first-order chi connectivity index (χ1) is 10.2. The van der Waals surface area contributed by atoms with Crippen LogP contribution in [0, 0.1) is 0 Å². The largest absolute Gasteiger partial charge is 0.372 e. The Bertz CT molecular complexity index is 660. The summed E-state index contributed by atoms with van der Waals surface area (Å²) in [7, 11) is 0. The standard InChI is InChI=1S/C16H13ClN2O2/c17-13-14(18-11-7-3-1-4-8-11)16(21)19(15(13)20)12-9-5-2-6-10-12/h1-10,13-14,18H. The van der Waals surface area contributed by atoms with Crippen LogP contribution in [0.25, 0.3) is 0 Å². The molecule has 5 heteroatoms. The molecule has 1 fully saturated rings. The van der Waals surface area contributed by atoms with E-state index in [1.807, 2.05) is 36.4 Å². The van der Waals surface area contributed by atoms with Crippen LogP contribution >= 0.6 is 11.6 Å². The number of halogens is 1. The van der Waals surface area contributed by atoms with Crippen LogP contribution in [0.1, 0.15) is 0 Å². The van der Waals surface area contributed by atoms with Crippen molar-refractivity contribution in [1.82, 2.24) is 0 Å². The highest BCUT2D eigenvalue weighted by molar-refractivity contribution is 6.43. The van der Waals surface area contributed by atoms with E-state index in [1.165, 1.54) is 0 Å². The molecule has 1 saturated heterocycles. The van der Waals surface area contributed by atoms with Crippen molar-refractivity contribution in [3.8, 4) is 0 Å². The van der Waals surface area contributed by atoms with Gasteiger partial charge in [0, 0.05) is 5.69 Å². The zero-order chi connectivity index (χ0) is 14.8. The molecule has 21 heavy (non-hydrogen) atoms. The Morgan fingerprint density at radius 1 is 0.857 bits per heavy atom. The Morgan fingerprint density at radius 2 is 1.43 bits per heavy atom. The molecule has 106 valence electrons. The van der Waals surface area contributed by atoms with Crippen LogP contribution in [0.15, 0.2) is 60.7 Å². The van der Waals surface area contributed by atoms with E-state index in [1.54, 1.807) is 24.3 Å².